The van der Waals surface area contributed by atoms with Gasteiger partial charge in [0.15, 0.2) is 5.79 Å². The van der Waals surface area contributed by atoms with E-state index in [-0.39, 0.29) is 5.79 Å². The molecule has 0 unspecified atom stereocenters. The van der Waals surface area contributed by atoms with Gasteiger partial charge >= 0.3 is 0 Å². The van der Waals surface area contributed by atoms with Crippen molar-refractivity contribution < 1.29 is 9.47 Å². The standard InChI is InChI=1S/C14H20O2.2C2H6/c1-5-11(4)13-9-14(15-6-7-16-14)8-12(13)10(2)3;2*1-2/h5H,1,6-9H2,2-4H3;2*1-2H3/b13-11-;;. The lowest BCUT2D eigenvalue weighted by molar-refractivity contribution is -0.145. The first kappa shape index (κ1) is 19.1. The Balaban J connectivity index is 0.000000829. The Labute approximate surface area is 125 Å². The van der Waals surface area contributed by atoms with E-state index in [1.165, 1.54) is 22.3 Å². The fraction of sp³-hybridized carbons (Fsp3) is 0.667. The summed E-state index contributed by atoms with van der Waals surface area (Å²) >= 11 is 0. The van der Waals surface area contributed by atoms with Gasteiger partial charge in [-0.25, -0.2) is 0 Å². The second-order valence-corrected chi connectivity index (χ2v) is 4.81. The lowest BCUT2D eigenvalue weighted by atomic mass is 10.0. The van der Waals surface area contributed by atoms with Crippen LogP contribution in [-0.4, -0.2) is 19.0 Å². The Morgan fingerprint density at radius 1 is 0.950 bits per heavy atom. The summed E-state index contributed by atoms with van der Waals surface area (Å²) in [5.74, 6) is -0.369. The molecule has 2 nitrogen and oxygen atoms in total. The summed E-state index contributed by atoms with van der Waals surface area (Å²) in [6, 6.07) is 0. The van der Waals surface area contributed by atoms with Crippen LogP contribution in [0.3, 0.4) is 0 Å². The van der Waals surface area contributed by atoms with E-state index >= 15 is 0 Å². The summed E-state index contributed by atoms with van der Waals surface area (Å²) in [4.78, 5) is 0. The molecule has 0 aromatic heterocycles. The lowest BCUT2D eigenvalue weighted by Crippen LogP contribution is -2.25. The third kappa shape index (κ3) is 4.32. The van der Waals surface area contributed by atoms with E-state index in [1.807, 2.05) is 33.8 Å². The van der Waals surface area contributed by atoms with Crippen molar-refractivity contribution in [3.05, 3.63) is 34.9 Å². The maximum Gasteiger partial charge on any atom is 0.176 e. The van der Waals surface area contributed by atoms with Gasteiger partial charge in [-0.3, -0.25) is 0 Å². The van der Waals surface area contributed by atoms with Crippen molar-refractivity contribution in [1.29, 1.82) is 0 Å². The topological polar surface area (TPSA) is 18.5 Å². The normalized spacial score (nSPS) is 21.6. The molecule has 1 saturated carbocycles. The van der Waals surface area contributed by atoms with Crippen LogP contribution in [-0.2, 0) is 9.47 Å². The molecule has 1 aliphatic carbocycles. The van der Waals surface area contributed by atoms with Gasteiger partial charge in [0.05, 0.1) is 13.2 Å². The van der Waals surface area contributed by atoms with E-state index in [0.717, 1.165) is 26.1 Å². The van der Waals surface area contributed by atoms with Gasteiger partial charge in [-0.15, -0.1) is 0 Å². The molecule has 1 spiro atoms. The van der Waals surface area contributed by atoms with Gasteiger partial charge in [-0.05, 0) is 37.5 Å². The van der Waals surface area contributed by atoms with Crippen LogP contribution in [0.4, 0.5) is 0 Å². The summed E-state index contributed by atoms with van der Waals surface area (Å²) in [5.41, 5.74) is 5.34. The number of hydrogen-bond acceptors (Lipinski definition) is 2. The lowest BCUT2D eigenvalue weighted by Gasteiger charge is -2.19. The molecule has 0 N–H and O–H groups in total. The molecular weight excluding hydrogens is 248 g/mol. The molecule has 2 heteroatoms. The smallest absolute Gasteiger partial charge is 0.176 e. The zero-order valence-electron chi connectivity index (χ0n) is 14.4. The molecule has 2 rings (SSSR count). The van der Waals surface area contributed by atoms with Crippen LogP contribution in [0.15, 0.2) is 34.9 Å². The Morgan fingerprint density at radius 3 is 1.80 bits per heavy atom. The third-order valence-electron chi connectivity index (χ3n) is 3.46. The molecule has 0 bridgehead atoms. The van der Waals surface area contributed by atoms with Gasteiger partial charge in [0.25, 0.3) is 0 Å². The monoisotopic (exact) mass is 280 g/mol. The molecule has 20 heavy (non-hydrogen) atoms. The number of ether oxygens (including phenoxy) is 2. The first-order valence-electron chi connectivity index (χ1n) is 7.85. The van der Waals surface area contributed by atoms with Crippen LogP contribution in [0.5, 0.6) is 0 Å². The van der Waals surface area contributed by atoms with Crippen LogP contribution >= 0.6 is 0 Å². The van der Waals surface area contributed by atoms with Crippen LogP contribution in [0.2, 0.25) is 0 Å². The third-order valence-corrected chi connectivity index (χ3v) is 3.46. The van der Waals surface area contributed by atoms with E-state index in [4.69, 9.17) is 9.47 Å². The van der Waals surface area contributed by atoms with Gasteiger partial charge in [-0.2, -0.15) is 0 Å². The molecule has 0 atom stereocenters. The van der Waals surface area contributed by atoms with Crippen molar-refractivity contribution in [3.8, 4) is 0 Å². The van der Waals surface area contributed by atoms with Crippen molar-refractivity contribution >= 4 is 0 Å². The molecule has 2 fully saturated rings. The average Bonchev–Trinajstić information content (AvgIpc) is 3.10. The summed E-state index contributed by atoms with van der Waals surface area (Å²) in [7, 11) is 0. The van der Waals surface area contributed by atoms with Gasteiger partial charge in [0, 0.05) is 12.8 Å². The van der Waals surface area contributed by atoms with Gasteiger partial charge in [0.1, 0.15) is 0 Å². The predicted molar refractivity (Wildman–Crippen MR) is 87.8 cm³/mol. The van der Waals surface area contributed by atoms with Gasteiger partial charge in [-0.1, -0.05) is 45.9 Å². The van der Waals surface area contributed by atoms with E-state index < -0.39 is 0 Å². The highest BCUT2D eigenvalue weighted by atomic mass is 16.7. The maximum absolute atomic E-state index is 5.78. The fourth-order valence-electron chi connectivity index (χ4n) is 2.49. The quantitative estimate of drug-likeness (QED) is 0.639. The predicted octanol–water partition coefficient (Wildman–Crippen LogP) is 5.41. The highest BCUT2D eigenvalue weighted by Gasteiger charge is 2.44. The zero-order valence-corrected chi connectivity index (χ0v) is 14.4. The van der Waals surface area contributed by atoms with Crippen molar-refractivity contribution in [2.45, 2.75) is 67.1 Å². The first-order chi connectivity index (χ1) is 9.58. The number of allylic oxidation sites excluding steroid dienone is 3. The first-order valence-corrected chi connectivity index (χ1v) is 7.85. The molecule has 1 saturated heterocycles. The molecule has 1 heterocycles. The molecule has 0 aromatic rings. The Hall–Kier alpha value is -0.860. The fourth-order valence-corrected chi connectivity index (χ4v) is 2.49. The minimum absolute atomic E-state index is 0.369. The van der Waals surface area contributed by atoms with Gasteiger partial charge < -0.3 is 9.47 Å². The van der Waals surface area contributed by atoms with E-state index in [0.29, 0.717) is 0 Å². The SMILES string of the molecule is C=C/C(C)=C1/CC2(CC1=C(C)C)OCCO2.CC.CC. The molecule has 0 amide bonds. The largest absolute Gasteiger partial charge is 0.347 e. The van der Waals surface area contributed by atoms with E-state index in [9.17, 15) is 0 Å². The maximum atomic E-state index is 5.78. The summed E-state index contributed by atoms with van der Waals surface area (Å²) in [5, 5.41) is 0. The zero-order chi connectivity index (χ0) is 15.8. The van der Waals surface area contributed by atoms with Crippen LogP contribution in [0.1, 0.15) is 61.3 Å². The van der Waals surface area contributed by atoms with Crippen molar-refractivity contribution in [2.75, 3.05) is 13.2 Å². The minimum Gasteiger partial charge on any atom is -0.347 e. The van der Waals surface area contributed by atoms with Crippen LogP contribution < -0.4 is 0 Å². The van der Waals surface area contributed by atoms with Crippen LogP contribution in [0, 0.1) is 0 Å². The summed E-state index contributed by atoms with van der Waals surface area (Å²) in [6.07, 6.45) is 3.67. The minimum atomic E-state index is -0.369. The number of hydrogen-bond donors (Lipinski definition) is 0. The van der Waals surface area contributed by atoms with E-state index in [2.05, 4.69) is 27.4 Å². The number of rotatable bonds is 1. The van der Waals surface area contributed by atoms with Gasteiger partial charge in [0.2, 0.25) is 0 Å². The van der Waals surface area contributed by atoms with Crippen molar-refractivity contribution in [3.63, 3.8) is 0 Å². The molecule has 0 radical (unpaired) electrons. The molecule has 116 valence electrons. The molecule has 1 aliphatic heterocycles. The Bertz CT molecular complexity index is 365. The second-order valence-electron chi connectivity index (χ2n) is 4.81. The highest BCUT2D eigenvalue weighted by Crippen LogP contribution is 2.46. The van der Waals surface area contributed by atoms with Crippen molar-refractivity contribution in [2.24, 2.45) is 0 Å². The van der Waals surface area contributed by atoms with Crippen LogP contribution in [0.25, 0.3) is 0 Å². The highest BCUT2D eigenvalue weighted by molar-refractivity contribution is 5.46. The van der Waals surface area contributed by atoms with Crippen molar-refractivity contribution in [1.82, 2.24) is 0 Å². The summed E-state index contributed by atoms with van der Waals surface area (Å²) < 4.78 is 11.6. The molecular formula is C18H32O2. The average molecular weight is 280 g/mol. The molecule has 2 aliphatic rings. The van der Waals surface area contributed by atoms with E-state index in [1.54, 1.807) is 0 Å². The Morgan fingerprint density at radius 2 is 1.40 bits per heavy atom. The molecule has 0 aromatic carbocycles. The Kier molecular flexibility index (Phi) is 8.75. The second kappa shape index (κ2) is 9.15. The summed E-state index contributed by atoms with van der Waals surface area (Å²) in [6.45, 7) is 19.7.